The van der Waals surface area contributed by atoms with Crippen molar-refractivity contribution in [1.29, 1.82) is 0 Å². The van der Waals surface area contributed by atoms with Crippen molar-refractivity contribution in [3.63, 3.8) is 0 Å². The van der Waals surface area contributed by atoms with Gasteiger partial charge in [0.25, 0.3) is 0 Å². The Kier molecular flexibility index (Phi) is 7.10. The number of benzene rings is 1. The highest BCUT2D eigenvalue weighted by atomic mass is 35.5. The number of piperidine rings is 1. The highest BCUT2D eigenvalue weighted by molar-refractivity contribution is 6.31. The van der Waals surface area contributed by atoms with E-state index in [0.717, 1.165) is 36.5 Å². The predicted octanol–water partition coefficient (Wildman–Crippen LogP) is 2.09. The van der Waals surface area contributed by atoms with E-state index in [1.807, 2.05) is 29.2 Å². The van der Waals surface area contributed by atoms with E-state index in [9.17, 15) is 9.59 Å². The molecule has 1 N–H and O–H groups in total. The quantitative estimate of drug-likeness (QED) is 0.832. The highest BCUT2D eigenvalue weighted by Gasteiger charge is 2.28. The van der Waals surface area contributed by atoms with Gasteiger partial charge in [0.05, 0.1) is 19.3 Å². The van der Waals surface area contributed by atoms with Gasteiger partial charge in [-0.05, 0) is 24.5 Å². The molecule has 0 radical (unpaired) electrons. The molecule has 1 atom stereocenters. The van der Waals surface area contributed by atoms with Crippen molar-refractivity contribution in [2.45, 2.75) is 25.8 Å². The average molecular weight is 394 g/mol. The molecule has 2 saturated heterocycles. The fourth-order valence-corrected chi connectivity index (χ4v) is 4.13. The molecule has 2 fully saturated rings. The summed E-state index contributed by atoms with van der Waals surface area (Å²) in [7, 11) is 0. The summed E-state index contributed by atoms with van der Waals surface area (Å²) in [4.78, 5) is 28.3. The van der Waals surface area contributed by atoms with E-state index >= 15 is 0 Å². The van der Waals surface area contributed by atoms with Crippen molar-refractivity contribution in [2.24, 2.45) is 5.92 Å². The summed E-state index contributed by atoms with van der Waals surface area (Å²) in [5, 5.41) is 3.86. The Labute approximate surface area is 165 Å². The van der Waals surface area contributed by atoms with E-state index in [0.29, 0.717) is 32.8 Å². The highest BCUT2D eigenvalue weighted by Crippen LogP contribution is 2.28. The monoisotopic (exact) mass is 393 g/mol. The number of nitrogens with one attached hydrogen (secondary N) is 1. The Morgan fingerprint density at radius 2 is 1.85 bits per heavy atom. The summed E-state index contributed by atoms with van der Waals surface area (Å²) in [5.41, 5.74) is 1.03. The number of ether oxygens (including phenoxy) is 1. The van der Waals surface area contributed by atoms with Crippen molar-refractivity contribution >= 4 is 23.4 Å². The zero-order valence-electron chi connectivity index (χ0n) is 15.8. The van der Waals surface area contributed by atoms with Crippen LogP contribution in [0.5, 0.6) is 0 Å². The molecule has 0 bridgehead atoms. The number of rotatable bonds is 5. The first-order valence-corrected chi connectivity index (χ1v) is 10.0. The van der Waals surface area contributed by atoms with E-state index in [2.05, 4.69) is 10.2 Å². The van der Waals surface area contributed by atoms with E-state index in [4.69, 9.17) is 16.3 Å². The van der Waals surface area contributed by atoms with Crippen LogP contribution in [0.3, 0.4) is 0 Å². The molecular weight excluding hydrogens is 366 g/mol. The molecule has 0 aromatic heterocycles. The first kappa shape index (κ1) is 20.1. The summed E-state index contributed by atoms with van der Waals surface area (Å²) in [6.45, 7) is 6.45. The molecule has 2 amide bonds. The second kappa shape index (κ2) is 9.53. The summed E-state index contributed by atoms with van der Waals surface area (Å²) in [6, 6.07) is 7.85. The number of carbonyl (C=O) groups is 2. The second-order valence-corrected chi connectivity index (χ2v) is 7.62. The number of hydrogen-bond acceptors (Lipinski definition) is 4. The van der Waals surface area contributed by atoms with Gasteiger partial charge in [0.2, 0.25) is 11.8 Å². The zero-order valence-corrected chi connectivity index (χ0v) is 16.6. The molecule has 0 spiro atoms. The van der Waals surface area contributed by atoms with Gasteiger partial charge in [0.1, 0.15) is 0 Å². The lowest BCUT2D eigenvalue weighted by Gasteiger charge is -2.36. The number of halogens is 1. The molecule has 7 heteroatoms. The van der Waals surface area contributed by atoms with Crippen LogP contribution in [0.15, 0.2) is 24.3 Å². The van der Waals surface area contributed by atoms with Gasteiger partial charge in [-0.3, -0.25) is 14.5 Å². The lowest BCUT2D eigenvalue weighted by molar-refractivity contribution is -0.134. The van der Waals surface area contributed by atoms with Crippen LogP contribution in [0.1, 0.15) is 31.4 Å². The molecule has 1 aromatic carbocycles. The molecule has 148 valence electrons. The molecule has 6 nitrogen and oxygen atoms in total. The smallest absolute Gasteiger partial charge is 0.223 e. The average Bonchev–Trinajstić information content (AvgIpc) is 2.70. The van der Waals surface area contributed by atoms with Gasteiger partial charge in [-0.2, -0.15) is 0 Å². The number of nitrogens with zero attached hydrogens (tertiary/aromatic N) is 2. The topological polar surface area (TPSA) is 61.9 Å². The van der Waals surface area contributed by atoms with Crippen LogP contribution < -0.4 is 5.32 Å². The largest absolute Gasteiger partial charge is 0.379 e. The third-order valence-electron chi connectivity index (χ3n) is 5.53. The molecular formula is C20H28ClN3O3. The second-order valence-electron chi connectivity index (χ2n) is 7.21. The molecule has 2 heterocycles. The Bertz CT molecular complexity index is 656. The number of hydrogen-bond donors (Lipinski definition) is 1. The maximum atomic E-state index is 12.7. The predicted molar refractivity (Wildman–Crippen MR) is 105 cm³/mol. The van der Waals surface area contributed by atoms with Crippen LogP contribution >= 0.6 is 11.6 Å². The minimum atomic E-state index is -0.0304. The minimum Gasteiger partial charge on any atom is -0.379 e. The van der Waals surface area contributed by atoms with Crippen LogP contribution in [0.4, 0.5) is 0 Å². The zero-order chi connectivity index (χ0) is 19.2. The van der Waals surface area contributed by atoms with Crippen molar-refractivity contribution in [3.8, 4) is 0 Å². The molecule has 0 saturated carbocycles. The van der Waals surface area contributed by atoms with E-state index in [1.54, 1.807) is 6.92 Å². The first-order chi connectivity index (χ1) is 13.1. The van der Waals surface area contributed by atoms with Crippen LogP contribution in [0.2, 0.25) is 5.02 Å². The number of amides is 2. The minimum absolute atomic E-state index is 0.0304. The van der Waals surface area contributed by atoms with Crippen molar-refractivity contribution in [1.82, 2.24) is 15.1 Å². The van der Waals surface area contributed by atoms with Gasteiger partial charge in [0.15, 0.2) is 0 Å². The standard InChI is InChI=1S/C20H28ClN3O3/c1-15(25)23-8-6-16(7-9-23)20(26)22-14-19(24-10-12-27-13-11-24)17-4-2-3-5-18(17)21/h2-5,16,19H,6-14H2,1H3,(H,22,26). The molecule has 0 aliphatic carbocycles. The van der Waals surface area contributed by atoms with Crippen LogP contribution in [0, 0.1) is 5.92 Å². The maximum absolute atomic E-state index is 12.7. The SMILES string of the molecule is CC(=O)N1CCC(C(=O)NCC(c2ccccc2Cl)N2CCOCC2)CC1. The summed E-state index contributed by atoms with van der Waals surface area (Å²) < 4.78 is 5.47. The maximum Gasteiger partial charge on any atom is 0.223 e. The van der Waals surface area contributed by atoms with Gasteiger partial charge in [0, 0.05) is 50.6 Å². The lowest BCUT2D eigenvalue weighted by atomic mass is 9.95. The molecule has 2 aliphatic rings. The molecule has 27 heavy (non-hydrogen) atoms. The summed E-state index contributed by atoms with van der Waals surface area (Å²) >= 11 is 6.44. The third-order valence-corrected chi connectivity index (χ3v) is 5.88. The Morgan fingerprint density at radius 3 is 2.48 bits per heavy atom. The van der Waals surface area contributed by atoms with Crippen molar-refractivity contribution < 1.29 is 14.3 Å². The summed E-state index contributed by atoms with van der Waals surface area (Å²) in [5.74, 6) is 0.126. The summed E-state index contributed by atoms with van der Waals surface area (Å²) in [6.07, 6.45) is 1.44. The van der Waals surface area contributed by atoms with Crippen LogP contribution in [-0.4, -0.2) is 67.6 Å². The Balaban J connectivity index is 1.62. The lowest BCUT2D eigenvalue weighted by Crippen LogP contribution is -2.46. The number of morpholine rings is 1. The van der Waals surface area contributed by atoms with E-state index < -0.39 is 0 Å². The van der Waals surface area contributed by atoms with Gasteiger partial charge < -0.3 is 15.0 Å². The van der Waals surface area contributed by atoms with E-state index in [1.165, 1.54) is 0 Å². The third kappa shape index (κ3) is 5.21. The molecule has 3 rings (SSSR count). The molecule has 2 aliphatic heterocycles. The van der Waals surface area contributed by atoms with Crippen molar-refractivity contribution in [2.75, 3.05) is 45.9 Å². The van der Waals surface area contributed by atoms with Crippen molar-refractivity contribution in [3.05, 3.63) is 34.9 Å². The van der Waals surface area contributed by atoms with Gasteiger partial charge in [-0.25, -0.2) is 0 Å². The number of likely N-dealkylation sites (tertiary alicyclic amines) is 1. The first-order valence-electron chi connectivity index (χ1n) is 9.65. The van der Waals surface area contributed by atoms with Gasteiger partial charge in [-0.15, -0.1) is 0 Å². The Morgan fingerprint density at radius 1 is 1.19 bits per heavy atom. The fraction of sp³-hybridized carbons (Fsp3) is 0.600. The van der Waals surface area contributed by atoms with Crippen LogP contribution in [0.25, 0.3) is 0 Å². The van der Waals surface area contributed by atoms with Gasteiger partial charge in [-0.1, -0.05) is 29.8 Å². The van der Waals surface area contributed by atoms with Gasteiger partial charge >= 0.3 is 0 Å². The molecule has 1 aromatic rings. The number of carbonyl (C=O) groups excluding carboxylic acids is 2. The van der Waals surface area contributed by atoms with E-state index in [-0.39, 0.29) is 23.8 Å². The fourth-order valence-electron chi connectivity index (χ4n) is 3.87. The normalized spacial score (nSPS) is 20.3. The Hall–Kier alpha value is -1.63. The van der Waals surface area contributed by atoms with Crippen LogP contribution in [-0.2, 0) is 14.3 Å². The molecule has 1 unspecified atom stereocenters.